The lowest BCUT2D eigenvalue weighted by Gasteiger charge is -2.17. The first-order valence-corrected chi connectivity index (χ1v) is 9.29. The smallest absolute Gasteiger partial charge is 0.261 e. The molecule has 0 spiro atoms. The van der Waals surface area contributed by atoms with Crippen LogP contribution in [0.1, 0.15) is 28.8 Å². The zero-order chi connectivity index (χ0) is 17.9. The van der Waals surface area contributed by atoms with Gasteiger partial charge in [0.05, 0.1) is 12.0 Å². The molecule has 0 aliphatic rings. The highest BCUT2D eigenvalue weighted by Crippen LogP contribution is 2.32. The number of halogens is 1. The number of ether oxygens (including phenoxy) is 1. The van der Waals surface area contributed by atoms with Gasteiger partial charge in [0.1, 0.15) is 17.5 Å². The normalized spacial score (nSPS) is 12.5. The number of methoxy groups -OCH3 is 1. The molecule has 0 N–H and O–H groups in total. The van der Waals surface area contributed by atoms with Crippen LogP contribution in [0.15, 0.2) is 53.4 Å². The topological polar surface area (TPSA) is 77.5 Å². The molecule has 0 heterocycles. The molecule has 2 aromatic rings. The lowest BCUT2D eigenvalue weighted by molar-refractivity contribution is -0.117. The highest BCUT2D eigenvalue weighted by molar-refractivity contribution is 8.13. The summed E-state index contributed by atoms with van der Waals surface area (Å²) < 4.78 is 28.8. The van der Waals surface area contributed by atoms with Gasteiger partial charge < -0.3 is 4.74 Å². The molecular weight excluding hydrogens is 352 g/mol. The summed E-state index contributed by atoms with van der Waals surface area (Å²) in [6.07, 6.45) is 0. The molecule has 0 fully saturated rings. The standard InChI is InChI=1S/C17H15ClO5S/c1-11(19)16(17(20)12-6-4-3-5-7-12)14-9-8-13(23-2)10-15(14)24(18,21)22/h3-10,16H,1-2H3. The van der Waals surface area contributed by atoms with E-state index in [1.807, 2.05) is 0 Å². The van der Waals surface area contributed by atoms with Crippen molar-refractivity contribution in [3.63, 3.8) is 0 Å². The minimum Gasteiger partial charge on any atom is -0.497 e. The maximum Gasteiger partial charge on any atom is 0.261 e. The van der Waals surface area contributed by atoms with Crippen molar-refractivity contribution in [3.8, 4) is 5.75 Å². The minimum absolute atomic E-state index is 0.0344. The minimum atomic E-state index is -4.17. The van der Waals surface area contributed by atoms with Crippen molar-refractivity contribution >= 4 is 31.3 Å². The predicted octanol–water partition coefficient (Wildman–Crippen LogP) is 3.18. The van der Waals surface area contributed by atoms with Gasteiger partial charge in [0.15, 0.2) is 5.78 Å². The molecule has 2 aromatic carbocycles. The number of Topliss-reactive ketones (excluding diaryl/α,β-unsaturated/α-hetero) is 2. The third-order valence-electron chi connectivity index (χ3n) is 3.52. The second-order valence-electron chi connectivity index (χ2n) is 5.12. The van der Waals surface area contributed by atoms with Crippen molar-refractivity contribution in [2.45, 2.75) is 17.7 Å². The maximum absolute atomic E-state index is 12.7. The van der Waals surface area contributed by atoms with Crippen LogP contribution in [0, 0.1) is 0 Å². The molecule has 0 aromatic heterocycles. The van der Waals surface area contributed by atoms with E-state index < -0.39 is 26.5 Å². The van der Waals surface area contributed by atoms with Gasteiger partial charge in [-0.1, -0.05) is 36.4 Å². The van der Waals surface area contributed by atoms with Crippen molar-refractivity contribution < 1.29 is 22.7 Å². The molecular formula is C17H15ClO5S. The van der Waals surface area contributed by atoms with Crippen molar-refractivity contribution in [1.82, 2.24) is 0 Å². The molecule has 0 aliphatic carbocycles. The van der Waals surface area contributed by atoms with E-state index in [9.17, 15) is 18.0 Å². The van der Waals surface area contributed by atoms with Gasteiger partial charge in [-0.05, 0) is 18.6 Å². The molecule has 1 unspecified atom stereocenters. The number of ketones is 2. The number of rotatable bonds is 6. The van der Waals surface area contributed by atoms with Crippen LogP contribution < -0.4 is 4.74 Å². The van der Waals surface area contributed by atoms with E-state index >= 15 is 0 Å². The number of carbonyl (C=O) groups excluding carboxylic acids is 2. The molecule has 2 rings (SSSR count). The van der Waals surface area contributed by atoms with Crippen LogP contribution in [0.2, 0.25) is 0 Å². The van der Waals surface area contributed by atoms with Gasteiger partial charge in [-0.2, -0.15) is 0 Å². The van der Waals surface area contributed by atoms with Crippen LogP contribution in [-0.2, 0) is 13.8 Å². The molecule has 0 saturated carbocycles. The zero-order valence-electron chi connectivity index (χ0n) is 13.0. The Labute approximate surface area is 144 Å². The number of carbonyl (C=O) groups is 2. The first-order chi connectivity index (χ1) is 11.3. The average Bonchev–Trinajstić information content (AvgIpc) is 2.54. The summed E-state index contributed by atoms with van der Waals surface area (Å²) in [5, 5.41) is 0. The Morgan fingerprint density at radius 1 is 1.08 bits per heavy atom. The van der Waals surface area contributed by atoms with E-state index in [1.165, 1.54) is 32.2 Å². The van der Waals surface area contributed by atoms with Crippen LogP contribution in [0.5, 0.6) is 5.75 Å². The van der Waals surface area contributed by atoms with Gasteiger partial charge in [0.25, 0.3) is 9.05 Å². The van der Waals surface area contributed by atoms with E-state index in [0.29, 0.717) is 5.56 Å². The van der Waals surface area contributed by atoms with Crippen molar-refractivity contribution in [2.24, 2.45) is 0 Å². The molecule has 7 heteroatoms. The molecule has 0 radical (unpaired) electrons. The Hall–Kier alpha value is -2.18. The van der Waals surface area contributed by atoms with Gasteiger partial charge in [-0.25, -0.2) is 8.42 Å². The average molecular weight is 367 g/mol. The largest absolute Gasteiger partial charge is 0.497 e. The van der Waals surface area contributed by atoms with E-state index in [2.05, 4.69) is 0 Å². The number of hydrogen-bond acceptors (Lipinski definition) is 5. The fraction of sp³-hybridized carbons (Fsp3) is 0.176. The third kappa shape index (κ3) is 3.83. The molecule has 0 bridgehead atoms. The number of hydrogen-bond donors (Lipinski definition) is 0. The first kappa shape index (κ1) is 18.2. The van der Waals surface area contributed by atoms with Gasteiger partial charge in [0.2, 0.25) is 0 Å². The van der Waals surface area contributed by atoms with E-state index in [-0.39, 0.29) is 16.2 Å². The first-order valence-electron chi connectivity index (χ1n) is 6.98. The Morgan fingerprint density at radius 2 is 1.71 bits per heavy atom. The SMILES string of the molecule is COc1ccc(C(C(C)=O)C(=O)c2ccccc2)c(S(=O)(=O)Cl)c1. The summed E-state index contributed by atoms with van der Waals surface area (Å²) in [5.41, 5.74) is 0.346. The van der Waals surface area contributed by atoms with Gasteiger partial charge in [-0.3, -0.25) is 9.59 Å². The maximum atomic E-state index is 12.7. The van der Waals surface area contributed by atoms with Gasteiger partial charge in [-0.15, -0.1) is 0 Å². The lowest BCUT2D eigenvalue weighted by atomic mass is 9.87. The molecule has 5 nitrogen and oxygen atoms in total. The van der Waals surface area contributed by atoms with Crippen molar-refractivity contribution in [2.75, 3.05) is 7.11 Å². The second kappa shape index (κ2) is 7.15. The van der Waals surface area contributed by atoms with Crippen LogP contribution in [-0.4, -0.2) is 27.1 Å². The summed E-state index contributed by atoms with van der Waals surface area (Å²) in [6, 6.07) is 12.3. The van der Waals surface area contributed by atoms with Crippen molar-refractivity contribution in [3.05, 3.63) is 59.7 Å². The van der Waals surface area contributed by atoms with Gasteiger partial charge >= 0.3 is 0 Å². The lowest BCUT2D eigenvalue weighted by Crippen LogP contribution is -2.22. The summed E-state index contributed by atoms with van der Waals surface area (Å²) in [7, 11) is 2.69. The molecule has 0 aliphatic heterocycles. The van der Waals surface area contributed by atoms with Crippen LogP contribution >= 0.6 is 10.7 Å². The van der Waals surface area contributed by atoms with E-state index in [4.69, 9.17) is 15.4 Å². The second-order valence-corrected chi connectivity index (χ2v) is 7.65. The summed E-state index contributed by atoms with van der Waals surface area (Å²) in [6.45, 7) is 1.24. The summed E-state index contributed by atoms with van der Waals surface area (Å²) in [4.78, 5) is 24.5. The fourth-order valence-electron chi connectivity index (χ4n) is 2.41. The molecule has 24 heavy (non-hydrogen) atoms. The third-order valence-corrected chi connectivity index (χ3v) is 4.90. The fourth-order valence-corrected chi connectivity index (χ4v) is 3.53. The molecule has 0 amide bonds. The predicted molar refractivity (Wildman–Crippen MR) is 90.2 cm³/mol. The molecule has 0 saturated heterocycles. The Balaban J connectivity index is 2.65. The zero-order valence-corrected chi connectivity index (χ0v) is 14.6. The van der Waals surface area contributed by atoms with Gasteiger partial charge in [0, 0.05) is 22.3 Å². The highest BCUT2D eigenvalue weighted by atomic mass is 35.7. The Morgan fingerprint density at radius 3 is 2.21 bits per heavy atom. The molecule has 126 valence electrons. The Kier molecular flexibility index (Phi) is 5.41. The van der Waals surface area contributed by atoms with Crippen molar-refractivity contribution in [1.29, 1.82) is 0 Å². The Bertz CT molecular complexity index is 875. The summed E-state index contributed by atoms with van der Waals surface area (Å²) in [5.74, 6) is -1.97. The highest BCUT2D eigenvalue weighted by Gasteiger charge is 2.31. The van der Waals surface area contributed by atoms with Crippen LogP contribution in [0.25, 0.3) is 0 Å². The van der Waals surface area contributed by atoms with Crippen LogP contribution in [0.4, 0.5) is 0 Å². The van der Waals surface area contributed by atoms with Crippen LogP contribution in [0.3, 0.4) is 0 Å². The monoisotopic (exact) mass is 366 g/mol. The van der Waals surface area contributed by atoms with E-state index in [0.717, 1.165) is 0 Å². The molecule has 1 atom stereocenters. The number of benzene rings is 2. The van der Waals surface area contributed by atoms with E-state index in [1.54, 1.807) is 30.3 Å². The summed E-state index contributed by atoms with van der Waals surface area (Å²) >= 11 is 0. The quantitative estimate of drug-likeness (QED) is 0.445.